The molecule has 0 amide bonds. The third-order valence-electron chi connectivity index (χ3n) is 0.113. The van der Waals surface area contributed by atoms with E-state index in [4.69, 9.17) is 5.84 Å². The molecule has 0 rings (SSSR count). The van der Waals surface area contributed by atoms with E-state index < -0.39 is 0 Å². The van der Waals surface area contributed by atoms with Gasteiger partial charge in [-0.25, -0.2) is 0 Å². The predicted molar refractivity (Wildman–Crippen MR) is 26.4 cm³/mol. The molecule has 0 aromatic carbocycles. The summed E-state index contributed by atoms with van der Waals surface area (Å²) in [6.45, 7) is 0. The van der Waals surface area contributed by atoms with Crippen molar-refractivity contribution in [3.8, 4) is 0 Å². The Morgan fingerprint density at radius 2 is 2.20 bits per heavy atom. The summed E-state index contributed by atoms with van der Waals surface area (Å²) in [5, 5.41) is 0. The summed E-state index contributed by atoms with van der Waals surface area (Å²) in [7, 11) is 0. The molecule has 5 heavy (non-hydrogen) atoms. The van der Waals surface area contributed by atoms with Gasteiger partial charge in [0.15, 0.2) is 0 Å². The van der Waals surface area contributed by atoms with E-state index in [1.165, 1.54) is 19.4 Å². The summed E-state index contributed by atoms with van der Waals surface area (Å²) in [6.07, 6.45) is 0. The minimum atomic E-state index is 1.09. The molecule has 0 atom stereocenters. The van der Waals surface area contributed by atoms with Gasteiger partial charge >= 0.3 is 55.2 Å². The molecular weight excluding hydrogens is 351 g/mol. The van der Waals surface area contributed by atoms with E-state index in [9.17, 15) is 0 Å². The zero-order chi connectivity index (χ0) is 4.28. The maximum atomic E-state index is 4.90. The Hall–Kier alpha value is 1.21. The van der Waals surface area contributed by atoms with Crippen molar-refractivity contribution in [3.05, 3.63) is 0 Å². The molecule has 0 saturated heterocycles. The van der Waals surface area contributed by atoms with Crippen molar-refractivity contribution in [3.63, 3.8) is 0 Å². The second-order valence-electron chi connectivity index (χ2n) is 0.418. The molecular formula is CH3IN2W. The van der Waals surface area contributed by atoms with Crippen LogP contribution in [0, 0.1) is 0 Å². The second-order valence-corrected chi connectivity index (χ2v) is 5.85. The van der Waals surface area contributed by atoms with Crippen LogP contribution in [0.1, 0.15) is 0 Å². The van der Waals surface area contributed by atoms with Crippen molar-refractivity contribution in [1.29, 1.82) is 0 Å². The van der Waals surface area contributed by atoms with Gasteiger partial charge in [0.1, 0.15) is 0 Å². The van der Waals surface area contributed by atoms with Crippen LogP contribution in [0.25, 0.3) is 0 Å². The fraction of sp³-hybridized carbons (Fsp3) is 0. The molecule has 30 valence electrons. The molecule has 0 aromatic heterocycles. The Kier molecular flexibility index (Phi) is 4.22. The van der Waals surface area contributed by atoms with Gasteiger partial charge in [-0.1, -0.05) is 0 Å². The van der Waals surface area contributed by atoms with Crippen LogP contribution >= 0.6 is 22.6 Å². The van der Waals surface area contributed by atoms with Crippen LogP contribution in [0.4, 0.5) is 0 Å². The number of halogens is 1. The molecule has 0 aliphatic heterocycles. The van der Waals surface area contributed by atoms with E-state index in [1.807, 2.05) is 0 Å². The van der Waals surface area contributed by atoms with Crippen LogP contribution in [0.15, 0.2) is 0 Å². The van der Waals surface area contributed by atoms with E-state index in [0.717, 1.165) is 2.03 Å². The molecule has 0 bridgehead atoms. The van der Waals surface area contributed by atoms with Crippen molar-refractivity contribution >= 4 is 24.6 Å². The molecule has 0 fully saturated rings. The van der Waals surface area contributed by atoms with Gasteiger partial charge in [-0.3, -0.25) is 0 Å². The Morgan fingerprint density at radius 3 is 2.20 bits per heavy atom. The molecule has 2 nitrogen and oxygen atoms in total. The van der Waals surface area contributed by atoms with Crippen LogP contribution in [0.5, 0.6) is 0 Å². The van der Waals surface area contributed by atoms with Gasteiger partial charge in [0, 0.05) is 0 Å². The average Bonchev–Trinajstić information content (AvgIpc) is 1.38. The zero-order valence-electron chi connectivity index (χ0n) is 2.36. The number of hydrazine groups is 1. The first-order chi connectivity index (χ1) is 2.27. The van der Waals surface area contributed by atoms with Gasteiger partial charge in [0.25, 0.3) is 0 Å². The van der Waals surface area contributed by atoms with Crippen molar-refractivity contribution in [1.82, 2.24) is 5.43 Å². The standard InChI is InChI=1S/CH3IN2.W/c2-1-4-3;/h4H,3H2;. The number of hydrogen-bond acceptors (Lipinski definition) is 2. The molecule has 0 aromatic rings. The van der Waals surface area contributed by atoms with E-state index in [1.54, 1.807) is 0 Å². The van der Waals surface area contributed by atoms with Gasteiger partial charge in [0.2, 0.25) is 0 Å². The van der Waals surface area contributed by atoms with Gasteiger partial charge in [-0.2, -0.15) is 0 Å². The third-order valence-corrected chi connectivity index (χ3v) is 0.848. The normalized spacial score (nSPS) is 7.60. The Morgan fingerprint density at radius 1 is 2.00 bits per heavy atom. The SMILES string of the molecule is NN[C](I)=[W]. The third kappa shape index (κ3) is 5.21. The average molecular weight is 354 g/mol. The molecule has 0 heterocycles. The monoisotopic (exact) mass is 354 g/mol. The van der Waals surface area contributed by atoms with Crippen molar-refractivity contribution in [2.75, 3.05) is 0 Å². The fourth-order valence-electron chi connectivity index (χ4n) is 0. The minimum absolute atomic E-state index is 1.09. The van der Waals surface area contributed by atoms with Crippen molar-refractivity contribution in [2.45, 2.75) is 0 Å². The van der Waals surface area contributed by atoms with Gasteiger partial charge in [-0.15, -0.1) is 0 Å². The predicted octanol–water partition coefficient (Wildman–Crippen LogP) is -0.481. The summed E-state index contributed by atoms with van der Waals surface area (Å²) >= 11 is 3.50. The van der Waals surface area contributed by atoms with Gasteiger partial charge < -0.3 is 0 Å². The molecule has 0 spiro atoms. The first-order valence-corrected chi connectivity index (χ1v) is 3.48. The van der Waals surface area contributed by atoms with Crippen LogP contribution in [0.2, 0.25) is 0 Å². The fourth-order valence-corrected chi connectivity index (χ4v) is 0. The summed E-state index contributed by atoms with van der Waals surface area (Å²) < 4.78 is 1.09. The molecule has 0 unspecified atom stereocenters. The van der Waals surface area contributed by atoms with Crippen molar-refractivity contribution < 1.29 is 19.4 Å². The molecule has 0 aliphatic rings. The number of rotatable bonds is 1. The van der Waals surface area contributed by atoms with Crippen LogP contribution < -0.4 is 11.3 Å². The molecule has 0 radical (unpaired) electrons. The summed E-state index contributed by atoms with van der Waals surface area (Å²) in [6, 6.07) is 0. The van der Waals surface area contributed by atoms with Crippen LogP contribution in [0.3, 0.4) is 0 Å². The molecule has 3 N–H and O–H groups in total. The Balaban J connectivity index is 2.85. The molecule has 0 saturated carbocycles. The van der Waals surface area contributed by atoms with E-state index >= 15 is 0 Å². The first kappa shape index (κ1) is 6.21. The van der Waals surface area contributed by atoms with E-state index in [-0.39, 0.29) is 0 Å². The number of nitrogens with one attached hydrogen (secondary N) is 1. The van der Waals surface area contributed by atoms with E-state index in [2.05, 4.69) is 28.0 Å². The maximum absolute atomic E-state index is 4.90. The van der Waals surface area contributed by atoms with Gasteiger partial charge in [0.05, 0.1) is 0 Å². The van der Waals surface area contributed by atoms with Crippen molar-refractivity contribution in [2.24, 2.45) is 5.84 Å². The molecule has 0 aliphatic carbocycles. The Bertz CT molecular complexity index is 44.9. The van der Waals surface area contributed by atoms with Gasteiger partial charge in [-0.05, 0) is 0 Å². The summed E-state index contributed by atoms with van der Waals surface area (Å²) in [4.78, 5) is 0. The molecule has 4 heteroatoms. The topological polar surface area (TPSA) is 38.0 Å². The number of hydrogen-bond donors (Lipinski definition) is 2. The zero-order valence-corrected chi connectivity index (χ0v) is 7.45. The van der Waals surface area contributed by atoms with Crippen LogP contribution in [-0.4, -0.2) is 2.03 Å². The van der Waals surface area contributed by atoms with Crippen LogP contribution in [-0.2, 0) is 19.4 Å². The Labute approximate surface area is 55.0 Å². The van der Waals surface area contributed by atoms with E-state index in [0.29, 0.717) is 0 Å². The summed E-state index contributed by atoms with van der Waals surface area (Å²) in [5.41, 5.74) is 2.47. The quantitative estimate of drug-likeness (QED) is 0.289. The second kappa shape index (κ2) is 3.40. The summed E-state index contributed by atoms with van der Waals surface area (Å²) in [5.74, 6) is 4.90. The first-order valence-electron chi connectivity index (χ1n) is 0.932. The number of nitrogens with two attached hydrogens (primary N) is 1.